The molecule has 0 saturated heterocycles. The molecule has 0 fully saturated rings. The highest BCUT2D eigenvalue weighted by Gasteiger charge is 2.16. The molecular formula is C16H13F2NO6. The zero-order chi connectivity index (χ0) is 19.0. The summed E-state index contributed by atoms with van der Waals surface area (Å²) in [5.74, 6) is -3.27. The highest BCUT2D eigenvalue weighted by Crippen LogP contribution is 2.19. The van der Waals surface area contributed by atoms with Gasteiger partial charge in [-0.1, -0.05) is 12.1 Å². The first-order valence-corrected chi connectivity index (χ1v) is 6.80. The molecular weight excluding hydrogens is 340 g/mol. The predicted molar refractivity (Wildman–Crippen MR) is 82.1 cm³/mol. The van der Waals surface area contributed by atoms with Gasteiger partial charge in [-0.05, 0) is 29.8 Å². The Morgan fingerprint density at radius 3 is 2.08 bits per heavy atom. The lowest BCUT2D eigenvalue weighted by atomic mass is 10.1. The quantitative estimate of drug-likeness (QED) is 0.630. The Labute approximate surface area is 140 Å². The van der Waals surface area contributed by atoms with Crippen molar-refractivity contribution in [3.05, 3.63) is 75.3 Å². The van der Waals surface area contributed by atoms with Gasteiger partial charge in [-0.3, -0.25) is 19.7 Å². The van der Waals surface area contributed by atoms with Crippen molar-refractivity contribution in [3.63, 3.8) is 0 Å². The van der Waals surface area contributed by atoms with Crippen LogP contribution in [0.1, 0.15) is 11.1 Å². The third-order valence-corrected chi connectivity index (χ3v) is 2.82. The lowest BCUT2D eigenvalue weighted by Crippen LogP contribution is -2.04. The van der Waals surface area contributed by atoms with Crippen LogP contribution < -0.4 is 0 Å². The van der Waals surface area contributed by atoms with Gasteiger partial charge in [0.25, 0.3) is 5.69 Å². The average molecular weight is 353 g/mol. The Bertz CT molecular complexity index is 794. The minimum Gasteiger partial charge on any atom is -0.481 e. The Kier molecular flexibility index (Phi) is 7.14. The number of aliphatic carboxylic acids is 2. The fourth-order valence-corrected chi connectivity index (χ4v) is 1.86. The number of carbonyl (C=O) groups is 2. The van der Waals surface area contributed by atoms with E-state index in [1.807, 2.05) is 0 Å². The maximum Gasteiger partial charge on any atom is 0.308 e. The number of hydrogen-bond acceptors (Lipinski definition) is 4. The van der Waals surface area contributed by atoms with Crippen LogP contribution in [-0.4, -0.2) is 27.1 Å². The predicted octanol–water partition coefficient (Wildman–Crippen LogP) is 2.81. The summed E-state index contributed by atoms with van der Waals surface area (Å²) in [7, 11) is 0. The van der Waals surface area contributed by atoms with Crippen LogP contribution in [0.25, 0.3) is 0 Å². The summed E-state index contributed by atoms with van der Waals surface area (Å²) in [6, 6.07) is 8.30. The van der Waals surface area contributed by atoms with Crippen LogP contribution in [0.3, 0.4) is 0 Å². The van der Waals surface area contributed by atoms with Crippen LogP contribution in [0.15, 0.2) is 42.5 Å². The monoisotopic (exact) mass is 353 g/mol. The van der Waals surface area contributed by atoms with Gasteiger partial charge in [0.1, 0.15) is 11.6 Å². The van der Waals surface area contributed by atoms with E-state index in [1.165, 1.54) is 18.2 Å². The molecule has 0 aliphatic carbocycles. The smallest absolute Gasteiger partial charge is 0.308 e. The van der Waals surface area contributed by atoms with E-state index < -0.39 is 34.9 Å². The molecule has 0 aliphatic rings. The van der Waals surface area contributed by atoms with E-state index in [-0.39, 0.29) is 17.7 Å². The molecule has 2 aromatic carbocycles. The molecule has 0 atom stereocenters. The largest absolute Gasteiger partial charge is 0.481 e. The van der Waals surface area contributed by atoms with Crippen LogP contribution >= 0.6 is 0 Å². The molecule has 132 valence electrons. The molecule has 7 nitrogen and oxygen atoms in total. The van der Waals surface area contributed by atoms with Crippen LogP contribution in [0.4, 0.5) is 14.5 Å². The van der Waals surface area contributed by atoms with Crippen molar-refractivity contribution in [2.45, 2.75) is 12.8 Å². The number of benzene rings is 2. The van der Waals surface area contributed by atoms with Crippen molar-refractivity contribution in [1.82, 2.24) is 0 Å². The number of carboxylic acids is 2. The van der Waals surface area contributed by atoms with E-state index in [0.717, 1.165) is 18.2 Å². The summed E-state index contributed by atoms with van der Waals surface area (Å²) in [5, 5.41) is 27.2. The zero-order valence-corrected chi connectivity index (χ0v) is 12.7. The number of carboxylic acid groups (broad SMARTS) is 2. The molecule has 0 aromatic heterocycles. The maximum absolute atomic E-state index is 12.6. The Hall–Kier alpha value is -3.36. The Morgan fingerprint density at radius 1 is 0.960 bits per heavy atom. The zero-order valence-electron chi connectivity index (χ0n) is 12.7. The molecule has 2 rings (SSSR count). The summed E-state index contributed by atoms with van der Waals surface area (Å²) in [4.78, 5) is 30.1. The van der Waals surface area contributed by atoms with Crippen molar-refractivity contribution in [1.29, 1.82) is 0 Å². The van der Waals surface area contributed by atoms with E-state index in [0.29, 0.717) is 5.56 Å². The number of rotatable bonds is 5. The van der Waals surface area contributed by atoms with Crippen LogP contribution in [-0.2, 0) is 22.4 Å². The first-order valence-electron chi connectivity index (χ1n) is 6.80. The molecule has 0 bridgehead atoms. The van der Waals surface area contributed by atoms with Crippen molar-refractivity contribution in [2.75, 3.05) is 0 Å². The van der Waals surface area contributed by atoms with E-state index in [1.54, 1.807) is 6.07 Å². The van der Waals surface area contributed by atoms with Crippen molar-refractivity contribution in [3.8, 4) is 0 Å². The maximum atomic E-state index is 12.6. The second-order valence-electron chi connectivity index (χ2n) is 4.80. The molecule has 0 saturated carbocycles. The van der Waals surface area contributed by atoms with Crippen molar-refractivity contribution in [2.24, 2.45) is 0 Å². The third-order valence-electron chi connectivity index (χ3n) is 2.82. The summed E-state index contributed by atoms with van der Waals surface area (Å²) < 4.78 is 25.1. The third kappa shape index (κ3) is 7.16. The number of halogens is 2. The van der Waals surface area contributed by atoms with Gasteiger partial charge >= 0.3 is 11.9 Å². The van der Waals surface area contributed by atoms with Gasteiger partial charge in [-0.2, -0.15) is 0 Å². The van der Waals surface area contributed by atoms with E-state index >= 15 is 0 Å². The molecule has 0 spiro atoms. The fourth-order valence-electron chi connectivity index (χ4n) is 1.86. The molecule has 25 heavy (non-hydrogen) atoms. The molecule has 0 aliphatic heterocycles. The molecule has 2 N–H and O–H groups in total. The standard InChI is InChI=1S/C8H6FNO4.C8H7FO2/c9-6-1-2-7(10(13)14)5(3-6)4-8(11)12;9-7-3-1-2-6(4-7)5-8(10)11/h1-3H,4H2,(H,11,12);1-4H,5H2,(H,10,11). The highest BCUT2D eigenvalue weighted by atomic mass is 19.1. The summed E-state index contributed by atoms with van der Waals surface area (Å²) in [5.41, 5.74) is -0.0335. The van der Waals surface area contributed by atoms with E-state index in [2.05, 4.69) is 0 Å². The molecule has 0 unspecified atom stereocenters. The second-order valence-corrected chi connectivity index (χ2v) is 4.80. The van der Waals surface area contributed by atoms with Gasteiger partial charge in [0.05, 0.1) is 17.8 Å². The number of nitrogens with zero attached hydrogens (tertiary/aromatic N) is 1. The number of hydrogen-bond donors (Lipinski definition) is 2. The molecule has 0 heterocycles. The number of nitro benzene ring substituents is 1. The van der Waals surface area contributed by atoms with E-state index in [4.69, 9.17) is 10.2 Å². The van der Waals surface area contributed by atoms with Gasteiger partial charge in [0, 0.05) is 11.6 Å². The Balaban J connectivity index is 0.000000257. The molecule has 0 amide bonds. The minimum absolute atomic E-state index is 0.127. The van der Waals surface area contributed by atoms with Crippen LogP contribution in [0.2, 0.25) is 0 Å². The van der Waals surface area contributed by atoms with Crippen LogP contribution in [0, 0.1) is 21.7 Å². The summed E-state index contributed by atoms with van der Waals surface area (Å²) in [6.07, 6.45) is -0.689. The SMILES string of the molecule is O=C(O)Cc1cc(F)ccc1[N+](=O)[O-].O=C(O)Cc1cccc(F)c1. The van der Waals surface area contributed by atoms with Gasteiger partial charge < -0.3 is 10.2 Å². The lowest BCUT2D eigenvalue weighted by Gasteiger charge is -1.99. The molecule has 0 radical (unpaired) electrons. The lowest BCUT2D eigenvalue weighted by molar-refractivity contribution is -0.385. The summed E-state index contributed by atoms with van der Waals surface area (Å²) in [6.45, 7) is 0. The van der Waals surface area contributed by atoms with Crippen LogP contribution in [0.5, 0.6) is 0 Å². The topological polar surface area (TPSA) is 118 Å². The minimum atomic E-state index is -1.24. The fraction of sp³-hybridized carbons (Fsp3) is 0.125. The normalized spacial score (nSPS) is 9.68. The van der Waals surface area contributed by atoms with E-state index in [9.17, 15) is 28.5 Å². The van der Waals surface area contributed by atoms with Gasteiger partial charge in [0.15, 0.2) is 0 Å². The highest BCUT2D eigenvalue weighted by molar-refractivity contribution is 5.72. The van der Waals surface area contributed by atoms with Gasteiger partial charge in [-0.15, -0.1) is 0 Å². The second kappa shape index (κ2) is 9.06. The van der Waals surface area contributed by atoms with Crippen molar-refractivity contribution >= 4 is 17.6 Å². The Morgan fingerprint density at radius 2 is 1.56 bits per heavy atom. The first-order chi connectivity index (χ1) is 11.7. The number of nitro groups is 1. The average Bonchev–Trinajstić information content (AvgIpc) is 2.46. The first kappa shape index (κ1) is 19.7. The van der Waals surface area contributed by atoms with Gasteiger partial charge in [0.2, 0.25) is 0 Å². The molecule has 9 heteroatoms. The summed E-state index contributed by atoms with van der Waals surface area (Å²) >= 11 is 0. The molecule has 2 aromatic rings. The van der Waals surface area contributed by atoms with Gasteiger partial charge in [-0.25, -0.2) is 8.78 Å². The van der Waals surface area contributed by atoms with Crippen molar-refractivity contribution < 1.29 is 33.5 Å².